The predicted octanol–water partition coefficient (Wildman–Crippen LogP) is 1.97. The zero-order valence-electron chi connectivity index (χ0n) is 15.2. The molecular weight excluding hydrogens is 334 g/mol. The number of terminal acetylenes is 1. The van der Waals surface area contributed by atoms with Crippen LogP contribution in [0.25, 0.3) is 0 Å². The molecule has 25 heavy (non-hydrogen) atoms. The second-order valence-corrected chi connectivity index (χ2v) is 6.83. The van der Waals surface area contributed by atoms with Crippen molar-refractivity contribution in [3.05, 3.63) is 30.1 Å². The maximum atomic E-state index is 6.01. The molecule has 0 aliphatic carbocycles. The quantitative estimate of drug-likeness (QED) is 0.592. The van der Waals surface area contributed by atoms with Gasteiger partial charge in [-0.25, -0.2) is 0 Å². The molecule has 1 N–H and O–H groups in total. The van der Waals surface area contributed by atoms with Crippen LogP contribution >= 0.6 is 12.2 Å². The second-order valence-electron chi connectivity index (χ2n) is 6.42. The van der Waals surface area contributed by atoms with Crippen molar-refractivity contribution in [2.75, 3.05) is 40.0 Å². The third-order valence-electron chi connectivity index (χ3n) is 4.76. The van der Waals surface area contributed by atoms with Crippen molar-refractivity contribution in [3.63, 3.8) is 0 Å². The summed E-state index contributed by atoms with van der Waals surface area (Å²) in [6, 6.07) is 5.77. The van der Waals surface area contributed by atoms with Gasteiger partial charge in [-0.15, -0.1) is 6.42 Å². The number of aromatic nitrogens is 1. The second kappa shape index (κ2) is 8.72. The van der Waals surface area contributed by atoms with Gasteiger partial charge >= 0.3 is 0 Å². The first-order valence-electron chi connectivity index (χ1n) is 8.57. The molecule has 1 fully saturated rings. The summed E-state index contributed by atoms with van der Waals surface area (Å²) in [5, 5.41) is 3.35. The molecule has 1 aromatic rings. The van der Waals surface area contributed by atoms with Crippen LogP contribution < -0.4 is 5.32 Å². The highest BCUT2D eigenvalue weighted by Crippen LogP contribution is 2.28. The summed E-state index contributed by atoms with van der Waals surface area (Å²) in [5.74, 6) is 2.80. The van der Waals surface area contributed by atoms with Crippen LogP contribution in [0.15, 0.2) is 24.4 Å². The largest absolute Gasteiger partial charge is 0.379 e. The number of pyridine rings is 1. The number of rotatable bonds is 7. The van der Waals surface area contributed by atoms with Crippen molar-refractivity contribution in [3.8, 4) is 12.3 Å². The maximum absolute atomic E-state index is 6.01. The number of hydrogen-bond acceptors (Lipinski definition) is 5. The summed E-state index contributed by atoms with van der Waals surface area (Å²) in [7, 11) is 1.67. The van der Waals surface area contributed by atoms with Gasteiger partial charge in [0.2, 0.25) is 0 Å². The summed E-state index contributed by atoms with van der Waals surface area (Å²) >= 11 is 5.79. The number of methoxy groups -OCH3 is 1. The summed E-state index contributed by atoms with van der Waals surface area (Å²) in [6.07, 6.45) is 8.23. The molecule has 136 valence electrons. The monoisotopic (exact) mass is 361 g/mol. The van der Waals surface area contributed by atoms with E-state index < -0.39 is 11.1 Å². The zero-order valence-corrected chi connectivity index (χ0v) is 16.1. The minimum atomic E-state index is -0.860. The van der Waals surface area contributed by atoms with Crippen LogP contribution in [0.5, 0.6) is 0 Å². The van der Waals surface area contributed by atoms with Crippen molar-refractivity contribution in [2.24, 2.45) is 0 Å². The highest BCUT2D eigenvalue weighted by molar-refractivity contribution is 7.80. The average Bonchev–Trinajstić information content (AvgIpc) is 2.67. The highest BCUT2D eigenvalue weighted by Gasteiger charge is 2.42. The van der Waals surface area contributed by atoms with Gasteiger partial charge in [-0.1, -0.05) is 31.1 Å². The van der Waals surface area contributed by atoms with Crippen molar-refractivity contribution in [1.29, 1.82) is 0 Å². The van der Waals surface area contributed by atoms with Crippen LogP contribution in [-0.2, 0) is 15.1 Å². The maximum Gasteiger partial charge on any atom is 0.172 e. The van der Waals surface area contributed by atoms with Gasteiger partial charge in [-0.3, -0.25) is 9.88 Å². The lowest BCUT2D eigenvalue weighted by atomic mass is 9.93. The molecule has 0 saturated carbocycles. The molecule has 1 saturated heterocycles. The summed E-state index contributed by atoms with van der Waals surface area (Å²) in [4.78, 5) is 7.37. The molecule has 5 nitrogen and oxygen atoms in total. The molecule has 2 unspecified atom stereocenters. The SMILES string of the molecule is C#CC(C)(CC)NC(=S)C(CN1CCOCC1)(OC)c1ccccn1. The normalized spacial score (nSPS) is 20.1. The smallest absolute Gasteiger partial charge is 0.172 e. The number of nitrogens with zero attached hydrogens (tertiary/aromatic N) is 2. The van der Waals surface area contributed by atoms with Crippen molar-refractivity contribution in [1.82, 2.24) is 15.2 Å². The lowest BCUT2D eigenvalue weighted by Crippen LogP contribution is -2.58. The number of morpholine rings is 1. The Balaban J connectivity index is 2.36. The van der Waals surface area contributed by atoms with Crippen LogP contribution in [0, 0.1) is 12.3 Å². The van der Waals surface area contributed by atoms with E-state index in [1.807, 2.05) is 32.0 Å². The topological polar surface area (TPSA) is 46.6 Å². The Morgan fingerprint density at radius 1 is 1.48 bits per heavy atom. The Morgan fingerprint density at radius 3 is 2.72 bits per heavy atom. The first kappa shape index (κ1) is 19.8. The Hall–Kier alpha value is -1.52. The van der Waals surface area contributed by atoms with Crippen LogP contribution in [0.3, 0.4) is 0 Å². The number of thiocarbonyl (C=S) groups is 1. The van der Waals surface area contributed by atoms with E-state index in [0.717, 1.165) is 25.2 Å². The van der Waals surface area contributed by atoms with E-state index in [9.17, 15) is 0 Å². The van der Waals surface area contributed by atoms with Gasteiger partial charge in [0.05, 0.1) is 24.4 Å². The van der Waals surface area contributed by atoms with Gasteiger partial charge in [0.25, 0.3) is 0 Å². The fourth-order valence-corrected chi connectivity index (χ4v) is 3.26. The molecule has 2 heterocycles. The van der Waals surface area contributed by atoms with Crippen molar-refractivity contribution >= 4 is 17.2 Å². The van der Waals surface area contributed by atoms with Crippen LogP contribution in [0.2, 0.25) is 0 Å². The fraction of sp³-hybridized carbons (Fsp3) is 0.579. The van der Waals surface area contributed by atoms with E-state index in [0.29, 0.717) is 24.7 Å². The average molecular weight is 362 g/mol. The van der Waals surface area contributed by atoms with Gasteiger partial charge in [0.15, 0.2) is 5.60 Å². The molecule has 1 aromatic heterocycles. The Labute approximate surface area is 156 Å². The van der Waals surface area contributed by atoms with E-state index in [1.165, 1.54) is 0 Å². The van der Waals surface area contributed by atoms with Gasteiger partial charge in [0, 0.05) is 32.9 Å². The molecular formula is C19H27N3O2S. The van der Waals surface area contributed by atoms with Gasteiger partial charge in [0.1, 0.15) is 4.99 Å². The third-order valence-corrected chi connectivity index (χ3v) is 5.19. The van der Waals surface area contributed by atoms with Gasteiger partial charge in [-0.2, -0.15) is 0 Å². The van der Waals surface area contributed by atoms with Gasteiger partial charge < -0.3 is 14.8 Å². The lowest BCUT2D eigenvalue weighted by Gasteiger charge is -2.40. The van der Waals surface area contributed by atoms with Crippen molar-refractivity contribution in [2.45, 2.75) is 31.4 Å². The lowest BCUT2D eigenvalue weighted by molar-refractivity contribution is -0.0259. The standard InChI is InChI=1S/C19H27N3O2S/c1-5-18(3,6-2)21-17(25)19(23-4,16-9-7-8-10-20-16)15-22-11-13-24-14-12-22/h1,7-10H,6,11-15H2,2-4H3,(H,21,25). The fourth-order valence-electron chi connectivity index (χ4n) is 2.78. The number of hydrogen-bond donors (Lipinski definition) is 1. The highest BCUT2D eigenvalue weighted by atomic mass is 32.1. The molecule has 0 aromatic carbocycles. The minimum Gasteiger partial charge on any atom is -0.379 e. The molecule has 2 rings (SSSR count). The number of nitrogens with one attached hydrogen (secondary N) is 1. The van der Waals surface area contributed by atoms with E-state index in [2.05, 4.69) is 21.1 Å². The molecule has 0 amide bonds. The molecule has 1 aliphatic rings. The third kappa shape index (κ3) is 4.56. The van der Waals surface area contributed by atoms with Crippen molar-refractivity contribution < 1.29 is 9.47 Å². The summed E-state index contributed by atoms with van der Waals surface area (Å²) < 4.78 is 11.5. The molecule has 2 atom stereocenters. The summed E-state index contributed by atoms with van der Waals surface area (Å²) in [6.45, 7) is 7.68. The van der Waals surface area contributed by atoms with Crippen LogP contribution in [-0.4, -0.2) is 60.4 Å². The summed E-state index contributed by atoms with van der Waals surface area (Å²) in [5.41, 5.74) is -0.612. The molecule has 6 heteroatoms. The van der Waals surface area contributed by atoms with E-state index in [1.54, 1.807) is 13.3 Å². The van der Waals surface area contributed by atoms with Gasteiger partial charge in [-0.05, 0) is 25.5 Å². The zero-order chi connectivity index (χ0) is 18.3. The van der Waals surface area contributed by atoms with Crippen LogP contribution in [0.1, 0.15) is 26.0 Å². The Bertz CT molecular complexity index is 613. The minimum absolute atomic E-state index is 0.527. The molecule has 0 spiro atoms. The molecule has 1 aliphatic heterocycles. The molecule has 0 bridgehead atoms. The van der Waals surface area contributed by atoms with E-state index in [-0.39, 0.29) is 0 Å². The first-order chi connectivity index (χ1) is 12.0. The number of ether oxygens (including phenoxy) is 2. The Morgan fingerprint density at radius 2 is 2.20 bits per heavy atom. The van der Waals surface area contributed by atoms with E-state index >= 15 is 0 Å². The van der Waals surface area contributed by atoms with Crippen LogP contribution in [0.4, 0.5) is 0 Å². The predicted molar refractivity (Wildman–Crippen MR) is 103 cm³/mol. The Kier molecular flexibility index (Phi) is 6.91. The first-order valence-corrected chi connectivity index (χ1v) is 8.97. The molecule has 0 radical (unpaired) electrons. The van der Waals surface area contributed by atoms with E-state index in [4.69, 9.17) is 28.1 Å².